The largest absolute Gasteiger partial charge is 0.387 e. The van der Waals surface area contributed by atoms with Crippen LogP contribution in [0.4, 0.5) is 0 Å². The zero-order valence-corrected chi connectivity index (χ0v) is 13.9. The highest BCUT2D eigenvalue weighted by Gasteiger charge is 2.53. The predicted octanol–water partition coefficient (Wildman–Crippen LogP) is 3.95. The monoisotopic (exact) mass is 318 g/mol. The molecule has 3 rings (SSSR count). The molecule has 1 fully saturated rings. The first-order chi connectivity index (χ1) is 10.4. The molecule has 4 heteroatoms. The van der Waals surface area contributed by atoms with E-state index in [1.165, 1.54) is 5.56 Å². The average molecular weight is 319 g/mol. The first-order valence-corrected chi connectivity index (χ1v) is 8.21. The van der Waals surface area contributed by atoms with Crippen LogP contribution in [-0.2, 0) is 13.0 Å². The number of imidazole rings is 1. The number of benzene rings is 1. The maximum absolute atomic E-state index is 11.5. The molecule has 1 heterocycles. The van der Waals surface area contributed by atoms with Gasteiger partial charge in [0.05, 0.1) is 18.5 Å². The Morgan fingerprint density at radius 1 is 1.32 bits per heavy atom. The summed E-state index contributed by atoms with van der Waals surface area (Å²) < 4.78 is 1.99. The van der Waals surface area contributed by atoms with Crippen molar-refractivity contribution in [2.45, 2.75) is 45.3 Å². The standard InChI is InChI=1S/C18H23ClN2O/c1-17(2)8-7-15(11-14-3-5-16(19)6-4-14)18(17,22)12-21-10-9-20-13-21/h3-6,9-10,13,15,22H,7-8,11-12H2,1-2H3/t15-,18+/m1/s1. The van der Waals surface area contributed by atoms with Crippen LogP contribution in [0.2, 0.25) is 5.02 Å². The Kier molecular flexibility index (Phi) is 4.04. The van der Waals surface area contributed by atoms with Crippen LogP contribution in [0.1, 0.15) is 32.3 Å². The summed E-state index contributed by atoms with van der Waals surface area (Å²) in [7, 11) is 0. The Bertz CT molecular complexity index is 621. The van der Waals surface area contributed by atoms with E-state index >= 15 is 0 Å². The fourth-order valence-electron chi connectivity index (χ4n) is 3.72. The van der Waals surface area contributed by atoms with Gasteiger partial charge in [-0.3, -0.25) is 0 Å². The zero-order valence-electron chi connectivity index (χ0n) is 13.2. The average Bonchev–Trinajstić information content (AvgIpc) is 3.04. The van der Waals surface area contributed by atoms with E-state index in [0.29, 0.717) is 6.54 Å². The molecule has 0 spiro atoms. The van der Waals surface area contributed by atoms with E-state index in [9.17, 15) is 5.11 Å². The summed E-state index contributed by atoms with van der Waals surface area (Å²) in [6, 6.07) is 7.97. The van der Waals surface area contributed by atoms with Gasteiger partial charge in [-0.15, -0.1) is 0 Å². The van der Waals surface area contributed by atoms with E-state index in [2.05, 4.69) is 31.0 Å². The van der Waals surface area contributed by atoms with Crippen LogP contribution in [0.15, 0.2) is 43.0 Å². The first kappa shape index (κ1) is 15.6. The minimum absolute atomic E-state index is 0.103. The second kappa shape index (κ2) is 5.71. The molecule has 0 saturated heterocycles. The molecular formula is C18H23ClN2O. The van der Waals surface area contributed by atoms with Crippen LogP contribution >= 0.6 is 11.6 Å². The van der Waals surface area contributed by atoms with Crippen molar-refractivity contribution in [2.24, 2.45) is 11.3 Å². The molecule has 0 radical (unpaired) electrons. The van der Waals surface area contributed by atoms with Crippen LogP contribution in [-0.4, -0.2) is 20.3 Å². The molecule has 3 nitrogen and oxygen atoms in total. The van der Waals surface area contributed by atoms with Gasteiger partial charge in [-0.25, -0.2) is 4.98 Å². The van der Waals surface area contributed by atoms with Crippen LogP contribution in [0.25, 0.3) is 0 Å². The maximum atomic E-state index is 11.5. The van der Waals surface area contributed by atoms with Gasteiger partial charge in [-0.05, 0) is 48.3 Å². The van der Waals surface area contributed by atoms with Crippen LogP contribution in [0.5, 0.6) is 0 Å². The summed E-state index contributed by atoms with van der Waals surface area (Å²) >= 11 is 5.96. The van der Waals surface area contributed by atoms with Crippen molar-refractivity contribution in [3.8, 4) is 0 Å². The Balaban J connectivity index is 1.84. The number of aliphatic hydroxyl groups is 1. The summed E-state index contributed by atoms with van der Waals surface area (Å²) in [6.45, 7) is 4.94. The van der Waals surface area contributed by atoms with Gasteiger partial charge in [0.2, 0.25) is 0 Å². The van der Waals surface area contributed by atoms with Gasteiger partial charge in [0.15, 0.2) is 0 Å². The lowest BCUT2D eigenvalue weighted by molar-refractivity contribution is -0.0885. The Morgan fingerprint density at radius 2 is 2.05 bits per heavy atom. The number of aromatic nitrogens is 2. The van der Waals surface area contributed by atoms with Crippen molar-refractivity contribution in [1.82, 2.24) is 9.55 Å². The van der Waals surface area contributed by atoms with Gasteiger partial charge < -0.3 is 9.67 Å². The molecule has 0 aliphatic heterocycles. The van der Waals surface area contributed by atoms with E-state index in [0.717, 1.165) is 24.3 Å². The summed E-state index contributed by atoms with van der Waals surface area (Å²) in [5, 5.41) is 12.2. The molecule has 2 aromatic rings. The predicted molar refractivity (Wildman–Crippen MR) is 88.8 cm³/mol. The van der Waals surface area contributed by atoms with Crippen molar-refractivity contribution in [3.05, 3.63) is 53.6 Å². The lowest BCUT2D eigenvalue weighted by atomic mass is 9.72. The van der Waals surface area contributed by atoms with E-state index in [4.69, 9.17) is 11.6 Å². The Morgan fingerprint density at radius 3 is 2.68 bits per heavy atom. The van der Waals surface area contributed by atoms with Crippen molar-refractivity contribution in [2.75, 3.05) is 0 Å². The Hall–Kier alpha value is -1.32. The summed E-state index contributed by atoms with van der Waals surface area (Å²) in [6.07, 6.45) is 8.43. The molecule has 2 atom stereocenters. The molecule has 0 bridgehead atoms. The normalized spacial score (nSPS) is 27.2. The highest BCUT2D eigenvalue weighted by Crippen LogP contribution is 2.51. The molecular weight excluding hydrogens is 296 g/mol. The topological polar surface area (TPSA) is 38.0 Å². The molecule has 1 N–H and O–H groups in total. The quantitative estimate of drug-likeness (QED) is 0.927. The second-order valence-electron chi connectivity index (χ2n) is 7.11. The fraction of sp³-hybridized carbons (Fsp3) is 0.500. The molecule has 0 unspecified atom stereocenters. The number of hydrogen-bond acceptors (Lipinski definition) is 2. The third-order valence-corrected chi connectivity index (χ3v) is 5.60. The maximum Gasteiger partial charge on any atom is 0.0946 e. The second-order valence-corrected chi connectivity index (χ2v) is 7.55. The van der Waals surface area contributed by atoms with E-state index in [-0.39, 0.29) is 11.3 Å². The molecule has 118 valence electrons. The van der Waals surface area contributed by atoms with Gasteiger partial charge in [0.25, 0.3) is 0 Å². The molecule has 1 saturated carbocycles. The first-order valence-electron chi connectivity index (χ1n) is 7.83. The van der Waals surface area contributed by atoms with Gasteiger partial charge in [-0.1, -0.05) is 37.6 Å². The van der Waals surface area contributed by atoms with Crippen LogP contribution in [0, 0.1) is 11.3 Å². The smallest absolute Gasteiger partial charge is 0.0946 e. The SMILES string of the molecule is CC1(C)CC[C@H](Cc2ccc(Cl)cc2)[C@@]1(O)Cn1ccnc1. The molecule has 1 aliphatic rings. The van der Waals surface area contributed by atoms with Crippen molar-refractivity contribution in [1.29, 1.82) is 0 Å². The molecule has 1 aliphatic carbocycles. The van der Waals surface area contributed by atoms with Gasteiger partial charge in [0.1, 0.15) is 0 Å². The van der Waals surface area contributed by atoms with Gasteiger partial charge in [-0.2, -0.15) is 0 Å². The van der Waals surface area contributed by atoms with Crippen molar-refractivity contribution in [3.63, 3.8) is 0 Å². The molecule has 1 aromatic heterocycles. The minimum Gasteiger partial charge on any atom is -0.387 e. The number of hydrogen-bond donors (Lipinski definition) is 1. The third-order valence-electron chi connectivity index (χ3n) is 5.34. The highest BCUT2D eigenvalue weighted by molar-refractivity contribution is 6.30. The van der Waals surface area contributed by atoms with E-state index in [1.54, 1.807) is 12.5 Å². The lowest BCUT2D eigenvalue weighted by Gasteiger charge is -2.41. The molecule has 1 aromatic carbocycles. The molecule has 0 amide bonds. The van der Waals surface area contributed by atoms with Crippen LogP contribution < -0.4 is 0 Å². The minimum atomic E-state index is -0.729. The highest BCUT2D eigenvalue weighted by atomic mass is 35.5. The third kappa shape index (κ3) is 2.80. The fourth-order valence-corrected chi connectivity index (χ4v) is 3.85. The van der Waals surface area contributed by atoms with Crippen molar-refractivity contribution >= 4 is 11.6 Å². The van der Waals surface area contributed by atoms with Crippen molar-refractivity contribution < 1.29 is 5.11 Å². The summed E-state index contributed by atoms with van der Waals surface area (Å²) in [5.74, 6) is 0.242. The summed E-state index contributed by atoms with van der Waals surface area (Å²) in [4.78, 5) is 4.10. The number of rotatable bonds is 4. The number of halogens is 1. The zero-order chi connectivity index (χ0) is 15.8. The summed E-state index contributed by atoms with van der Waals surface area (Å²) in [5.41, 5.74) is 0.401. The van der Waals surface area contributed by atoms with Gasteiger partial charge >= 0.3 is 0 Å². The Labute approximate surface area is 137 Å². The van der Waals surface area contributed by atoms with Gasteiger partial charge in [0, 0.05) is 17.4 Å². The van der Waals surface area contributed by atoms with E-state index in [1.807, 2.05) is 22.9 Å². The molecule has 22 heavy (non-hydrogen) atoms. The number of nitrogens with zero attached hydrogens (tertiary/aromatic N) is 2. The van der Waals surface area contributed by atoms with E-state index < -0.39 is 5.60 Å². The van der Waals surface area contributed by atoms with Crippen LogP contribution in [0.3, 0.4) is 0 Å². The lowest BCUT2D eigenvalue weighted by Crippen LogP contribution is -2.49.